The molecule has 0 amide bonds. The lowest BCUT2D eigenvalue weighted by Gasteiger charge is -2.19. The third-order valence-corrected chi connectivity index (χ3v) is 3.36. The van der Waals surface area contributed by atoms with Gasteiger partial charge in [0, 0.05) is 31.1 Å². The first kappa shape index (κ1) is 8.97. The number of rotatable bonds is 1. The third kappa shape index (κ3) is 1.45. The fourth-order valence-corrected chi connectivity index (χ4v) is 2.53. The maximum atomic E-state index is 5.92. The van der Waals surface area contributed by atoms with E-state index in [4.69, 9.17) is 10.5 Å². The van der Waals surface area contributed by atoms with E-state index in [0.29, 0.717) is 11.8 Å². The van der Waals surface area contributed by atoms with Crippen LogP contribution in [0, 0.1) is 11.8 Å². The minimum atomic E-state index is 0.673. The number of nitrogens with zero attached hydrogens (tertiary/aromatic N) is 2. The van der Waals surface area contributed by atoms with E-state index >= 15 is 0 Å². The van der Waals surface area contributed by atoms with Crippen LogP contribution in [0.3, 0.4) is 0 Å². The molecule has 2 saturated heterocycles. The molecule has 0 bridgehead atoms. The molecule has 0 radical (unpaired) electrons. The highest BCUT2D eigenvalue weighted by molar-refractivity contribution is 5.62. The molecule has 2 aliphatic heterocycles. The Morgan fingerprint density at radius 1 is 1.33 bits per heavy atom. The van der Waals surface area contributed by atoms with Crippen molar-refractivity contribution in [1.82, 2.24) is 4.98 Å². The lowest BCUT2D eigenvalue weighted by molar-refractivity contribution is 0.177. The van der Waals surface area contributed by atoms with Crippen molar-refractivity contribution in [1.29, 1.82) is 0 Å². The van der Waals surface area contributed by atoms with Crippen LogP contribution >= 0.6 is 0 Å². The highest BCUT2D eigenvalue weighted by Gasteiger charge is 2.37. The van der Waals surface area contributed by atoms with Gasteiger partial charge in [-0.1, -0.05) is 0 Å². The summed E-state index contributed by atoms with van der Waals surface area (Å²) in [6, 6.07) is 3.78. The van der Waals surface area contributed by atoms with Gasteiger partial charge in [0.05, 0.1) is 18.9 Å². The van der Waals surface area contributed by atoms with Crippen LogP contribution in [0.4, 0.5) is 11.5 Å². The van der Waals surface area contributed by atoms with E-state index < -0.39 is 0 Å². The van der Waals surface area contributed by atoms with Gasteiger partial charge < -0.3 is 15.4 Å². The molecular weight excluding hydrogens is 190 g/mol. The molecule has 3 heterocycles. The number of hydrogen-bond donors (Lipinski definition) is 1. The maximum Gasteiger partial charge on any atom is 0.151 e. The lowest BCUT2D eigenvalue weighted by atomic mass is 10.0. The molecule has 15 heavy (non-hydrogen) atoms. The molecule has 2 aliphatic rings. The Bertz CT molecular complexity index is 357. The van der Waals surface area contributed by atoms with Gasteiger partial charge in [-0.15, -0.1) is 0 Å². The van der Waals surface area contributed by atoms with Crippen molar-refractivity contribution in [2.24, 2.45) is 11.8 Å². The number of ether oxygens (including phenoxy) is 1. The molecule has 2 N–H and O–H groups in total. The van der Waals surface area contributed by atoms with Crippen LogP contribution in [0.2, 0.25) is 0 Å². The zero-order valence-electron chi connectivity index (χ0n) is 8.60. The van der Waals surface area contributed by atoms with Crippen LogP contribution in [0.25, 0.3) is 0 Å². The van der Waals surface area contributed by atoms with Crippen molar-refractivity contribution in [3.05, 3.63) is 18.3 Å². The van der Waals surface area contributed by atoms with Gasteiger partial charge >= 0.3 is 0 Å². The Hall–Kier alpha value is -1.29. The van der Waals surface area contributed by atoms with Crippen molar-refractivity contribution < 1.29 is 4.74 Å². The molecule has 2 fully saturated rings. The van der Waals surface area contributed by atoms with E-state index in [1.165, 1.54) is 0 Å². The molecule has 80 valence electrons. The van der Waals surface area contributed by atoms with Crippen molar-refractivity contribution in [2.75, 3.05) is 36.9 Å². The van der Waals surface area contributed by atoms with E-state index in [2.05, 4.69) is 9.88 Å². The highest BCUT2D eigenvalue weighted by Crippen LogP contribution is 2.33. The number of hydrogen-bond acceptors (Lipinski definition) is 4. The molecular formula is C11H15N3O. The van der Waals surface area contributed by atoms with Crippen LogP contribution in [0.15, 0.2) is 18.3 Å². The van der Waals surface area contributed by atoms with E-state index in [9.17, 15) is 0 Å². The second kappa shape index (κ2) is 3.38. The topological polar surface area (TPSA) is 51.4 Å². The summed E-state index contributed by atoms with van der Waals surface area (Å²) in [6.45, 7) is 3.86. The second-order valence-electron chi connectivity index (χ2n) is 4.38. The number of pyridine rings is 1. The van der Waals surface area contributed by atoms with Crippen LogP contribution in [0.1, 0.15) is 0 Å². The summed E-state index contributed by atoms with van der Waals surface area (Å²) in [5.41, 5.74) is 6.69. The molecule has 1 aromatic rings. The molecule has 2 atom stereocenters. The zero-order chi connectivity index (χ0) is 10.3. The number of nitrogen functional groups attached to an aromatic ring is 1. The Kier molecular flexibility index (Phi) is 2.02. The van der Waals surface area contributed by atoms with Crippen molar-refractivity contribution >= 4 is 11.5 Å². The van der Waals surface area contributed by atoms with Crippen LogP contribution < -0.4 is 10.6 Å². The highest BCUT2D eigenvalue weighted by atomic mass is 16.5. The molecule has 0 aromatic carbocycles. The van der Waals surface area contributed by atoms with Crippen LogP contribution in [0.5, 0.6) is 0 Å². The SMILES string of the molecule is Nc1cccnc1N1C[C@@H]2COC[C@H]2C1. The number of aromatic nitrogens is 1. The predicted octanol–water partition coefficient (Wildman–Crippen LogP) is 0.746. The van der Waals surface area contributed by atoms with E-state index in [-0.39, 0.29) is 0 Å². The summed E-state index contributed by atoms with van der Waals surface area (Å²) < 4.78 is 5.45. The third-order valence-electron chi connectivity index (χ3n) is 3.36. The van der Waals surface area contributed by atoms with Gasteiger partial charge in [-0.2, -0.15) is 0 Å². The summed E-state index contributed by atoms with van der Waals surface area (Å²) in [5.74, 6) is 2.28. The summed E-state index contributed by atoms with van der Waals surface area (Å²) >= 11 is 0. The lowest BCUT2D eigenvalue weighted by Crippen LogP contribution is -2.24. The van der Waals surface area contributed by atoms with Crippen molar-refractivity contribution in [3.63, 3.8) is 0 Å². The number of nitrogens with two attached hydrogens (primary N) is 1. The quantitative estimate of drug-likeness (QED) is 0.735. The average molecular weight is 205 g/mol. The van der Waals surface area contributed by atoms with Crippen LogP contribution in [-0.4, -0.2) is 31.3 Å². The Morgan fingerprint density at radius 2 is 2.07 bits per heavy atom. The standard InChI is InChI=1S/C11H15N3O/c12-10-2-1-3-13-11(10)14-4-8-6-15-7-9(8)5-14/h1-3,8-9H,4-7,12H2/t8-,9-/m1/s1. The average Bonchev–Trinajstić information content (AvgIpc) is 2.77. The molecule has 0 aliphatic carbocycles. The van der Waals surface area contributed by atoms with Gasteiger partial charge in [0.15, 0.2) is 5.82 Å². The Morgan fingerprint density at radius 3 is 2.73 bits per heavy atom. The molecule has 0 spiro atoms. The first-order chi connectivity index (χ1) is 7.34. The largest absolute Gasteiger partial charge is 0.396 e. The first-order valence-electron chi connectivity index (χ1n) is 5.38. The summed E-state index contributed by atoms with van der Waals surface area (Å²) in [4.78, 5) is 6.63. The minimum Gasteiger partial charge on any atom is -0.396 e. The van der Waals surface area contributed by atoms with Gasteiger partial charge in [-0.3, -0.25) is 0 Å². The van der Waals surface area contributed by atoms with Crippen molar-refractivity contribution in [3.8, 4) is 0 Å². The summed E-state index contributed by atoms with van der Waals surface area (Å²) in [6.07, 6.45) is 1.80. The number of anilines is 2. The summed E-state index contributed by atoms with van der Waals surface area (Å²) in [7, 11) is 0. The molecule has 3 rings (SSSR count). The fraction of sp³-hybridized carbons (Fsp3) is 0.545. The summed E-state index contributed by atoms with van der Waals surface area (Å²) in [5, 5.41) is 0. The second-order valence-corrected chi connectivity index (χ2v) is 4.38. The van der Waals surface area contributed by atoms with Gasteiger partial charge in [0.2, 0.25) is 0 Å². The van der Waals surface area contributed by atoms with Gasteiger partial charge in [-0.05, 0) is 12.1 Å². The normalized spacial score (nSPS) is 29.5. The fourth-order valence-electron chi connectivity index (χ4n) is 2.53. The zero-order valence-corrected chi connectivity index (χ0v) is 8.60. The smallest absolute Gasteiger partial charge is 0.151 e. The van der Waals surface area contributed by atoms with E-state index in [0.717, 1.165) is 37.8 Å². The molecule has 1 aromatic heterocycles. The molecule has 4 nitrogen and oxygen atoms in total. The van der Waals surface area contributed by atoms with Gasteiger partial charge in [-0.25, -0.2) is 4.98 Å². The molecule has 0 unspecified atom stereocenters. The minimum absolute atomic E-state index is 0.673. The first-order valence-corrected chi connectivity index (χ1v) is 5.38. The maximum absolute atomic E-state index is 5.92. The Labute approximate surface area is 89.0 Å². The number of fused-ring (bicyclic) bond motifs is 1. The van der Waals surface area contributed by atoms with E-state index in [1.807, 2.05) is 12.1 Å². The van der Waals surface area contributed by atoms with Crippen LogP contribution in [-0.2, 0) is 4.74 Å². The monoisotopic (exact) mass is 205 g/mol. The Balaban J connectivity index is 1.82. The van der Waals surface area contributed by atoms with Gasteiger partial charge in [0.1, 0.15) is 0 Å². The molecule has 4 heteroatoms. The predicted molar refractivity (Wildman–Crippen MR) is 58.7 cm³/mol. The van der Waals surface area contributed by atoms with Gasteiger partial charge in [0.25, 0.3) is 0 Å². The van der Waals surface area contributed by atoms with E-state index in [1.54, 1.807) is 6.20 Å². The molecule has 0 saturated carbocycles. The van der Waals surface area contributed by atoms with Crippen molar-refractivity contribution in [2.45, 2.75) is 0 Å².